The number of aromatic nitrogens is 1. The summed E-state index contributed by atoms with van der Waals surface area (Å²) in [5.74, 6) is -0.330. The van der Waals surface area contributed by atoms with Crippen molar-refractivity contribution in [3.8, 4) is 5.75 Å². The zero-order chi connectivity index (χ0) is 16.8. The number of methoxy groups -OCH3 is 1. The van der Waals surface area contributed by atoms with Crippen LogP contribution < -0.4 is 4.74 Å². The molecule has 1 aromatic heterocycles. The summed E-state index contributed by atoms with van der Waals surface area (Å²) in [4.78, 5) is 17.7. The van der Waals surface area contributed by atoms with Crippen LogP contribution in [0.4, 0.5) is 0 Å². The first-order chi connectivity index (χ1) is 11.0. The standard InChI is InChI=1S/C17H22N2O3S/c1-12(2)19(8-6-16-18-7-9-23-16)11-14-5-4-13(17(20)21)10-15(14)22-3/h4-5,7,9-10,12H,6,8,11H2,1-3H3,(H,20,21). The number of rotatable bonds is 8. The lowest BCUT2D eigenvalue weighted by atomic mass is 10.1. The van der Waals surface area contributed by atoms with Crippen molar-refractivity contribution in [2.24, 2.45) is 0 Å². The predicted octanol–water partition coefficient (Wildman–Crippen LogP) is 3.30. The van der Waals surface area contributed by atoms with Crippen LogP contribution in [-0.2, 0) is 13.0 Å². The minimum Gasteiger partial charge on any atom is -0.496 e. The van der Waals surface area contributed by atoms with Gasteiger partial charge in [-0.25, -0.2) is 9.78 Å². The molecule has 0 atom stereocenters. The summed E-state index contributed by atoms with van der Waals surface area (Å²) in [6.07, 6.45) is 2.73. The Kier molecular flexibility index (Phi) is 6.12. The van der Waals surface area contributed by atoms with Gasteiger partial charge in [0.25, 0.3) is 0 Å². The van der Waals surface area contributed by atoms with E-state index < -0.39 is 5.97 Å². The van der Waals surface area contributed by atoms with Crippen LogP contribution in [0.2, 0.25) is 0 Å². The van der Waals surface area contributed by atoms with E-state index in [2.05, 4.69) is 23.7 Å². The van der Waals surface area contributed by atoms with Crippen LogP contribution in [0.25, 0.3) is 0 Å². The summed E-state index contributed by atoms with van der Waals surface area (Å²) in [7, 11) is 1.57. The fourth-order valence-electron chi connectivity index (χ4n) is 2.36. The fraction of sp³-hybridized carbons (Fsp3) is 0.412. The average molecular weight is 334 g/mol. The van der Waals surface area contributed by atoms with E-state index in [9.17, 15) is 4.79 Å². The van der Waals surface area contributed by atoms with E-state index in [4.69, 9.17) is 9.84 Å². The minimum absolute atomic E-state index is 0.240. The van der Waals surface area contributed by atoms with Crippen molar-refractivity contribution in [2.45, 2.75) is 32.9 Å². The number of nitrogens with zero attached hydrogens (tertiary/aromatic N) is 2. The molecule has 6 heteroatoms. The number of ether oxygens (including phenoxy) is 1. The number of carbonyl (C=O) groups is 1. The van der Waals surface area contributed by atoms with E-state index in [0.717, 1.165) is 23.5 Å². The maximum absolute atomic E-state index is 11.1. The van der Waals surface area contributed by atoms with Crippen LogP contribution in [0, 0.1) is 0 Å². The second-order valence-corrected chi connectivity index (χ2v) is 6.55. The molecule has 2 aromatic rings. The Labute approximate surface area is 140 Å². The highest BCUT2D eigenvalue weighted by molar-refractivity contribution is 7.09. The molecule has 0 aliphatic heterocycles. The third-order valence-corrected chi connectivity index (χ3v) is 4.57. The normalized spacial score (nSPS) is 11.2. The lowest BCUT2D eigenvalue weighted by Gasteiger charge is -2.27. The first-order valence-corrected chi connectivity index (χ1v) is 8.42. The third-order valence-electron chi connectivity index (χ3n) is 3.73. The van der Waals surface area contributed by atoms with E-state index in [1.54, 1.807) is 30.6 Å². The molecule has 0 saturated heterocycles. The minimum atomic E-state index is -0.945. The zero-order valence-corrected chi connectivity index (χ0v) is 14.5. The molecule has 0 aliphatic rings. The second-order valence-electron chi connectivity index (χ2n) is 5.57. The highest BCUT2D eigenvalue weighted by Crippen LogP contribution is 2.23. The average Bonchev–Trinajstić information content (AvgIpc) is 3.04. The first-order valence-electron chi connectivity index (χ1n) is 7.54. The van der Waals surface area contributed by atoms with Gasteiger partial charge in [-0.05, 0) is 26.0 Å². The molecular weight excluding hydrogens is 312 g/mol. The van der Waals surface area contributed by atoms with E-state index in [1.165, 1.54) is 0 Å². The summed E-state index contributed by atoms with van der Waals surface area (Å²) in [6.45, 7) is 5.92. The molecule has 0 saturated carbocycles. The largest absolute Gasteiger partial charge is 0.496 e. The van der Waals surface area contributed by atoms with Crippen molar-refractivity contribution in [3.05, 3.63) is 45.9 Å². The number of carboxylic acids is 1. The lowest BCUT2D eigenvalue weighted by molar-refractivity contribution is 0.0696. The summed E-state index contributed by atoms with van der Waals surface area (Å²) in [5.41, 5.74) is 1.23. The van der Waals surface area contributed by atoms with Crippen LogP contribution in [0.15, 0.2) is 29.8 Å². The molecule has 2 rings (SSSR count). The Balaban J connectivity index is 2.11. The molecule has 0 aliphatic carbocycles. The van der Waals surface area contributed by atoms with E-state index in [0.29, 0.717) is 18.3 Å². The first kappa shape index (κ1) is 17.4. The monoisotopic (exact) mass is 334 g/mol. The molecule has 0 amide bonds. The lowest BCUT2D eigenvalue weighted by Crippen LogP contribution is -2.32. The Morgan fingerprint density at radius 3 is 2.78 bits per heavy atom. The van der Waals surface area contributed by atoms with Gasteiger partial charge < -0.3 is 9.84 Å². The fourth-order valence-corrected chi connectivity index (χ4v) is 2.97. The Hall–Kier alpha value is -1.92. The van der Waals surface area contributed by atoms with Gasteiger partial charge in [-0.3, -0.25) is 4.90 Å². The van der Waals surface area contributed by atoms with Crippen molar-refractivity contribution in [2.75, 3.05) is 13.7 Å². The van der Waals surface area contributed by atoms with Crippen LogP contribution in [0.3, 0.4) is 0 Å². The molecule has 1 heterocycles. The smallest absolute Gasteiger partial charge is 0.335 e. The van der Waals surface area contributed by atoms with E-state index in [1.807, 2.05) is 17.6 Å². The van der Waals surface area contributed by atoms with Gasteiger partial charge in [0.1, 0.15) is 5.75 Å². The van der Waals surface area contributed by atoms with E-state index in [-0.39, 0.29) is 5.56 Å². The van der Waals surface area contributed by atoms with Gasteiger partial charge in [-0.1, -0.05) is 6.07 Å². The number of aromatic carboxylic acids is 1. The van der Waals surface area contributed by atoms with Crippen molar-refractivity contribution < 1.29 is 14.6 Å². The number of hydrogen-bond acceptors (Lipinski definition) is 5. The molecule has 5 nitrogen and oxygen atoms in total. The molecule has 0 bridgehead atoms. The number of hydrogen-bond donors (Lipinski definition) is 1. The van der Waals surface area contributed by atoms with E-state index >= 15 is 0 Å². The van der Waals surface area contributed by atoms with Gasteiger partial charge in [-0.15, -0.1) is 11.3 Å². The van der Waals surface area contributed by atoms with Gasteiger partial charge in [0, 0.05) is 42.7 Å². The highest BCUT2D eigenvalue weighted by Gasteiger charge is 2.15. The number of benzene rings is 1. The highest BCUT2D eigenvalue weighted by atomic mass is 32.1. The zero-order valence-electron chi connectivity index (χ0n) is 13.7. The molecule has 23 heavy (non-hydrogen) atoms. The molecule has 0 fully saturated rings. The van der Waals surface area contributed by atoms with Crippen molar-refractivity contribution in [1.82, 2.24) is 9.88 Å². The summed E-state index contributed by atoms with van der Waals surface area (Å²) >= 11 is 1.67. The maximum Gasteiger partial charge on any atom is 0.335 e. The SMILES string of the molecule is COc1cc(C(=O)O)ccc1CN(CCc1nccs1)C(C)C. The molecule has 1 N–H and O–H groups in total. The van der Waals surface area contributed by atoms with Crippen LogP contribution in [0.1, 0.15) is 34.8 Å². The van der Waals surface area contributed by atoms with Crippen LogP contribution in [0.5, 0.6) is 5.75 Å². The summed E-state index contributed by atoms with van der Waals surface area (Å²) in [5, 5.41) is 12.2. The van der Waals surface area contributed by atoms with Gasteiger partial charge >= 0.3 is 5.97 Å². The Morgan fingerprint density at radius 1 is 1.43 bits per heavy atom. The Bertz CT molecular complexity index is 641. The van der Waals surface area contributed by atoms with Gasteiger partial charge in [0.2, 0.25) is 0 Å². The van der Waals surface area contributed by atoms with Crippen LogP contribution >= 0.6 is 11.3 Å². The molecule has 0 radical (unpaired) electrons. The van der Waals surface area contributed by atoms with Gasteiger partial charge in [0.15, 0.2) is 0 Å². The predicted molar refractivity (Wildman–Crippen MR) is 91.3 cm³/mol. The molecule has 1 aromatic carbocycles. The van der Waals surface area contributed by atoms with Crippen molar-refractivity contribution in [1.29, 1.82) is 0 Å². The third kappa shape index (κ3) is 4.77. The number of thiazole rings is 1. The van der Waals surface area contributed by atoms with Gasteiger partial charge in [0.05, 0.1) is 17.7 Å². The number of carboxylic acid groups (broad SMARTS) is 1. The summed E-state index contributed by atoms with van der Waals surface area (Å²) < 4.78 is 5.37. The second kappa shape index (κ2) is 8.08. The maximum atomic E-state index is 11.1. The summed E-state index contributed by atoms with van der Waals surface area (Å²) in [6, 6.07) is 5.41. The quantitative estimate of drug-likeness (QED) is 0.802. The van der Waals surface area contributed by atoms with Crippen molar-refractivity contribution >= 4 is 17.3 Å². The molecular formula is C17H22N2O3S. The van der Waals surface area contributed by atoms with Gasteiger partial charge in [-0.2, -0.15) is 0 Å². The van der Waals surface area contributed by atoms with Crippen LogP contribution in [-0.4, -0.2) is 40.7 Å². The van der Waals surface area contributed by atoms with Crippen molar-refractivity contribution in [3.63, 3.8) is 0 Å². The molecule has 0 spiro atoms. The topological polar surface area (TPSA) is 62.7 Å². The molecule has 0 unspecified atom stereocenters. The molecule has 124 valence electrons. The Morgan fingerprint density at radius 2 is 2.22 bits per heavy atom.